The third-order valence-electron chi connectivity index (χ3n) is 3.98. The third-order valence-corrected chi connectivity index (χ3v) is 5.63. The topological polar surface area (TPSA) is 92.7 Å². The molecule has 0 bridgehead atoms. The van der Waals surface area contributed by atoms with Crippen molar-refractivity contribution in [1.29, 1.82) is 0 Å². The molecule has 0 unspecified atom stereocenters. The normalized spacial score (nSPS) is 29.1. The first kappa shape index (κ1) is 12.8. The third kappa shape index (κ3) is 1.86. The van der Waals surface area contributed by atoms with Crippen LogP contribution in [-0.2, 0) is 19.4 Å². The molecule has 2 aliphatic rings. The van der Waals surface area contributed by atoms with Gasteiger partial charge in [0.1, 0.15) is 20.9 Å². The Morgan fingerprint density at radius 3 is 2.18 bits per heavy atom. The van der Waals surface area contributed by atoms with Crippen LogP contribution in [-0.4, -0.2) is 56.8 Å². The van der Waals surface area contributed by atoms with Gasteiger partial charge in [0.05, 0.1) is 18.6 Å². The highest BCUT2D eigenvalue weighted by molar-refractivity contribution is 7.91. The molecule has 0 aromatic heterocycles. The standard InChI is InChI=1S/C10H17NO5S/c1-16-8(12)9(10(13)6-11-7-10)2-4-17(14,15)5-3-9/h11,13H,2-7H2,1H3. The van der Waals surface area contributed by atoms with Crippen LogP contribution < -0.4 is 5.32 Å². The quantitative estimate of drug-likeness (QED) is 0.601. The molecule has 17 heavy (non-hydrogen) atoms. The number of esters is 1. The van der Waals surface area contributed by atoms with E-state index in [1.165, 1.54) is 7.11 Å². The molecule has 0 saturated carbocycles. The van der Waals surface area contributed by atoms with Crippen LogP contribution in [0.3, 0.4) is 0 Å². The molecule has 0 radical (unpaired) electrons. The lowest BCUT2D eigenvalue weighted by Crippen LogP contribution is -2.72. The van der Waals surface area contributed by atoms with E-state index in [1.807, 2.05) is 0 Å². The average Bonchev–Trinajstić information content (AvgIpc) is 2.25. The summed E-state index contributed by atoms with van der Waals surface area (Å²) in [4.78, 5) is 11.9. The number of methoxy groups -OCH3 is 1. The molecular weight excluding hydrogens is 246 g/mol. The van der Waals surface area contributed by atoms with Crippen molar-refractivity contribution in [2.45, 2.75) is 18.4 Å². The van der Waals surface area contributed by atoms with Crippen molar-refractivity contribution in [1.82, 2.24) is 5.32 Å². The van der Waals surface area contributed by atoms with Crippen LogP contribution in [0.25, 0.3) is 0 Å². The predicted molar refractivity (Wildman–Crippen MR) is 60.2 cm³/mol. The summed E-state index contributed by atoms with van der Waals surface area (Å²) in [6, 6.07) is 0. The van der Waals surface area contributed by atoms with E-state index in [9.17, 15) is 18.3 Å². The Balaban J connectivity index is 2.30. The maximum Gasteiger partial charge on any atom is 0.314 e. The number of β-amino-alcohol motifs (C(OH)–C–C–N with tert-alkyl or cyclic N) is 1. The van der Waals surface area contributed by atoms with Crippen molar-refractivity contribution in [3.8, 4) is 0 Å². The lowest BCUT2D eigenvalue weighted by atomic mass is 9.64. The van der Waals surface area contributed by atoms with Gasteiger partial charge >= 0.3 is 5.97 Å². The van der Waals surface area contributed by atoms with Gasteiger partial charge in [-0.15, -0.1) is 0 Å². The Hall–Kier alpha value is -0.660. The van der Waals surface area contributed by atoms with E-state index < -0.39 is 26.8 Å². The van der Waals surface area contributed by atoms with Crippen molar-refractivity contribution in [2.75, 3.05) is 31.7 Å². The predicted octanol–water partition coefficient (Wildman–Crippen LogP) is -1.31. The molecule has 6 nitrogen and oxygen atoms in total. The number of ether oxygens (including phenoxy) is 1. The minimum atomic E-state index is -3.08. The van der Waals surface area contributed by atoms with E-state index in [2.05, 4.69) is 5.32 Å². The SMILES string of the molecule is COC(=O)C1(C2(O)CNC2)CCS(=O)(=O)CC1. The first-order valence-corrected chi connectivity index (χ1v) is 7.39. The first-order chi connectivity index (χ1) is 7.85. The second-order valence-electron chi connectivity index (χ2n) is 4.86. The highest BCUT2D eigenvalue weighted by Crippen LogP contribution is 2.45. The molecule has 0 spiro atoms. The van der Waals surface area contributed by atoms with Crippen LogP contribution in [0.1, 0.15) is 12.8 Å². The molecule has 0 amide bonds. The number of rotatable bonds is 2. The molecule has 0 aromatic carbocycles. The van der Waals surface area contributed by atoms with Gasteiger partial charge < -0.3 is 15.2 Å². The van der Waals surface area contributed by atoms with Gasteiger partial charge in [-0.25, -0.2) is 8.42 Å². The summed E-state index contributed by atoms with van der Waals surface area (Å²) in [7, 11) is -1.81. The summed E-state index contributed by atoms with van der Waals surface area (Å²) in [6.45, 7) is 0.615. The molecule has 2 aliphatic heterocycles. The number of sulfone groups is 1. The van der Waals surface area contributed by atoms with Crippen molar-refractivity contribution in [3.63, 3.8) is 0 Å². The highest BCUT2D eigenvalue weighted by Gasteiger charge is 2.61. The average molecular weight is 263 g/mol. The Morgan fingerprint density at radius 1 is 1.29 bits per heavy atom. The number of nitrogens with one attached hydrogen (secondary N) is 1. The van der Waals surface area contributed by atoms with Crippen LogP contribution >= 0.6 is 0 Å². The molecule has 0 aromatic rings. The Kier molecular flexibility index (Phi) is 2.95. The van der Waals surface area contributed by atoms with E-state index in [4.69, 9.17) is 4.74 Å². The van der Waals surface area contributed by atoms with Gasteiger partial charge in [0.2, 0.25) is 0 Å². The molecule has 98 valence electrons. The van der Waals surface area contributed by atoms with E-state index >= 15 is 0 Å². The summed E-state index contributed by atoms with van der Waals surface area (Å²) in [5.74, 6) is -0.633. The molecular formula is C10H17NO5S. The largest absolute Gasteiger partial charge is 0.469 e. The smallest absolute Gasteiger partial charge is 0.314 e. The van der Waals surface area contributed by atoms with Gasteiger partial charge in [0, 0.05) is 13.1 Å². The van der Waals surface area contributed by atoms with Gasteiger partial charge in [-0.05, 0) is 12.8 Å². The second kappa shape index (κ2) is 3.93. The number of carbonyl (C=O) groups is 1. The molecule has 2 heterocycles. The van der Waals surface area contributed by atoms with Gasteiger partial charge in [0.15, 0.2) is 0 Å². The zero-order chi connectivity index (χ0) is 12.7. The summed E-state index contributed by atoms with van der Waals surface area (Å²) < 4.78 is 27.6. The summed E-state index contributed by atoms with van der Waals surface area (Å²) in [5, 5.41) is 13.3. The molecule has 0 atom stereocenters. The van der Waals surface area contributed by atoms with Gasteiger partial charge in [0.25, 0.3) is 0 Å². The first-order valence-electron chi connectivity index (χ1n) is 5.57. The fourth-order valence-electron chi connectivity index (χ4n) is 2.64. The molecule has 7 heteroatoms. The van der Waals surface area contributed by atoms with Crippen LogP contribution in [0, 0.1) is 5.41 Å². The fourth-order valence-corrected chi connectivity index (χ4v) is 4.16. The molecule has 2 rings (SSSR count). The van der Waals surface area contributed by atoms with Crippen molar-refractivity contribution in [3.05, 3.63) is 0 Å². The van der Waals surface area contributed by atoms with Crippen molar-refractivity contribution >= 4 is 15.8 Å². The maximum atomic E-state index is 11.9. The van der Waals surface area contributed by atoms with Gasteiger partial charge in [-0.3, -0.25) is 4.79 Å². The van der Waals surface area contributed by atoms with Gasteiger partial charge in [-0.2, -0.15) is 0 Å². The van der Waals surface area contributed by atoms with Crippen LogP contribution in [0.2, 0.25) is 0 Å². The Labute approximate surface area is 100 Å². The molecule has 2 fully saturated rings. The van der Waals surface area contributed by atoms with Crippen LogP contribution in [0.15, 0.2) is 0 Å². The number of carbonyl (C=O) groups excluding carboxylic acids is 1. The Bertz CT molecular complexity index is 412. The van der Waals surface area contributed by atoms with E-state index in [0.29, 0.717) is 13.1 Å². The van der Waals surface area contributed by atoms with Crippen molar-refractivity contribution in [2.24, 2.45) is 5.41 Å². The van der Waals surface area contributed by atoms with E-state index in [0.717, 1.165) is 0 Å². The number of hydrogen-bond donors (Lipinski definition) is 2. The number of hydrogen-bond acceptors (Lipinski definition) is 6. The second-order valence-corrected chi connectivity index (χ2v) is 7.16. The minimum absolute atomic E-state index is 0.0651. The summed E-state index contributed by atoms with van der Waals surface area (Å²) >= 11 is 0. The van der Waals surface area contributed by atoms with Crippen LogP contribution in [0.5, 0.6) is 0 Å². The monoisotopic (exact) mass is 263 g/mol. The zero-order valence-corrected chi connectivity index (χ0v) is 10.5. The number of aliphatic hydroxyl groups is 1. The summed E-state index contributed by atoms with van der Waals surface area (Å²) in [6.07, 6.45) is 0.278. The lowest BCUT2D eigenvalue weighted by Gasteiger charge is -2.52. The fraction of sp³-hybridized carbons (Fsp3) is 0.900. The molecule has 2 N–H and O–H groups in total. The van der Waals surface area contributed by atoms with Gasteiger partial charge in [-0.1, -0.05) is 0 Å². The Morgan fingerprint density at radius 2 is 1.82 bits per heavy atom. The van der Waals surface area contributed by atoms with Crippen molar-refractivity contribution < 1.29 is 23.1 Å². The maximum absolute atomic E-state index is 11.9. The highest BCUT2D eigenvalue weighted by atomic mass is 32.2. The lowest BCUT2D eigenvalue weighted by molar-refractivity contribution is -0.183. The molecule has 2 saturated heterocycles. The zero-order valence-electron chi connectivity index (χ0n) is 9.73. The molecule has 0 aliphatic carbocycles. The van der Waals surface area contributed by atoms with Crippen LogP contribution in [0.4, 0.5) is 0 Å². The summed E-state index contributed by atoms with van der Waals surface area (Å²) in [5.41, 5.74) is -2.24. The van der Waals surface area contributed by atoms with E-state index in [-0.39, 0.29) is 24.3 Å². The van der Waals surface area contributed by atoms with E-state index in [1.54, 1.807) is 0 Å². The minimum Gasteiger partial charge on any atom is -0.469 e.